The van der Waals surface area contributed by atoms with E-state index in [2.05, 4.69) is 16.2 Å². The highest BCUT2D eigenvalue weighted by atomic mass is 19.1. The number of carbonyl (C=O) groups is 2. The maximum Gasteiger partial charge on any atom is 0.335 e. The number of nitrogens with zero attached hydrogens (tertiary/aromatic N) is 1. The van der Waals surface area contributed by atoms with E-state index in [-0.39, 0.29) is 28.6 Å². The molecule has 0 bridgehead atoms. The Labute approximate surface area is 199 Å². The molecule has 1 atom stereocenters. The fraction of sp³-hybridized carbons (Fsp3) is 0.130. The van der Waals surface area contributed by atoms with Gasteiger partial charge in [-0.05, 0) is 36.4 Å². The zero-order chi connectivity index (χ0) is 25.5. The van der Waals surface area contributed by atoms with Gasteiger partial charge in [0.15, 0.2) is 17.7 Å². The second kappa shape index (κ2) is 10.8. The van der Waals surface area contributed by atoms with Crippen LogP contribution in [0.15, 0.2) is 60.8 Å². The first-order valence-electron chi connectivity index (χ1n) is 10.2. The van der Waals surface area contributed by atoms with Crippen molar-refractivity contribution in [2.45, 2.75) is 6.04 Å². The molecule has 1 unspecified atom stereocenters. The van der Waals surface area contributed by atoms with E-state index in [1.165, 1.54) is 38.5 Å². The molecule has 1 aromatic heterocycles. The van der Waals surface area contributed by atoms with Crippen molar-refractivity contribution in [3.63, 3.8) is 0 Å². The number of rotatable bonds is 8. The summed E-state index contributed by atoms with van der Waals surface area (Å²) < 4.78 is 25.7. The smallest absolute Gasteiger partial charge is 0.335 e. The fourth-order valence-electron chi connectivity index (χ4n) is 3.15. The first-order valence-corrected chi connectivity index (χ1v) is 10.2. The van der Waals surface area contributed by atoms with Gasteiger partial charge in [0.2, 0.25) is 0 Å². The largest absolute Gasteiger partial charge is 0.618 e. The van der Waals surface area contributed by atoms with Crippen molar-refractivity contribution in [3.8, 4) is 11.5 Å². The molecule has 3 aromatic rings. The molecule has 2 amide bonds. The fourth-order valence-corrected chi connectivity index (χ4v) is 3.15. The van der Waals surface area contributed by atoms with Gasteiger partial charge < -0.3 is 25.7 Å². The minimum Gasteiger partial charge on any atom is -0.618 e. The van der Waals surface area contributed by atoms with Gasteiger partial charge in [-0.1, -0.05) is 0 Å². The van der Waals surface area contributed by atoms with Crippen molar-refractivity contribution in [2.24, 2.45) is 5.73 Å². The maximum atomic E-state index is 15.0. The van der Waals surface area contributed by atoms with Crippen molar-refractivity contribution in [3.05, 3.63) is 88.6 Å². The molecule has 0 aliphatic heterocycles. The molecule has 182 valence electrons. The molecule has 3 rings (SSSR count). The van der Waals surface area contributed by atoms with Gasteiger partial charge in [-0.25, -0.2) is 4.39 Å². The molecule has 1 heterocycles. The van der Waals surface area contributed by atoms with Crippen LogP contribution in [0.4, 0.5) is 10.1 Å². The average molecular weight is 482 g/mol. The van der Waals surface area contributed by atoms with Gasteiger partial charge in [0.1, 0.15) is 17.7 Å². The third-order valence-corrected chi connectivity index (χ3v) is 4.94. The van der Waals surface area contributed by atoms with Crippen LogP contribution < -0.4 is 36.1 Å². The summed E-state index contributed by atoms with van der Waals surface area (Å²) in [5.41, 5.74) is 10.3. The molecule has 0 aliphatic carbocycles. The van der Waals surface area contributed by atoms with E-state index < -0.39 is 23.7 Å². The first kappa shape index (κ1) is 24.8. The zero-order valence-electron chi connectivity index (χ0n) is 18.8. The molecule has 0 radical (unpaired) electrons. The summed E-state index contributed by atoms with van der Waals surface area (Å²) in [5, 5.41) is 22.2. The molecule has 0 saturated carbocycles. The number of benzene rings is 2. The summed E-state index contributed by atoms with van der Waals surface area (Å²) in [6, 6.07) is 11.4. The molecule has 2 aromatic carbocycles. The van der Waals surface area contributed by atoms with Gasteiger partial charge in [0, 0.05) is 35.0 Å². The summed E-state index contributed by atoms with van der Waals surface area (Å²) in [4.78, 5) is 25.4. The number of amides is 2. The van der Waals surface area contributed by atoms with Crippen molar-refractivity contribution >= 4 is 23.3 Å². The van der Waals surface area contributed by atoms with Crippen LogP contribution in [0.3, 0.4) is 0 Å². The molecule has 0 aliphatic rings. The predicted molar refractivity (Wildman–Crippen MR) is 124 cm³/mol. The number of pyridine rings is 1. The quantitative estimate of drug-likeness (QED) is 0.106. The Balaban J connectivity index is 1.91. The number of aromatic nitrogens is 1. The Hall–Kier alpha value is -4.87. The van der Waals surface area contributed by atoms with Crippen LogP contribution in [-0.2, 0) is 4.79 Å². The summed E-state index contributed by atoms with van der Waals surface area (Å²) in [7, 11) is 2.71. The zero-order valence-corrected chi connectivity index (χ0v) is 18.8. The molecule has 0 spiro atoms. The normalized spacial score (nSPS) is 11.2. The monoisotopic (exact) mass is 482 g/mol. The lowest BCUT2D eigenvalue weighted by Crippen LogP contribution is -2.48. The van der Waals surface area contributed by atoms with E-state index in [0.29, 0.717) is 16.0 Å². The predicted octanol–water partition coefficient (Wildman–Crippen LogP) is 1.37. The summed E-state index contributed by atoms with van der Waals surface area (Å²) >= 11 is 0. The highest BCUT2D eigenvalue weighted by molar-refractivity contribution is 5.96. The summed E-state index contributed by atoms with van der Waals surface area (Å²) in [5.74, 6) is -2.33. The number of nitrogens with two attached hydrogens (primary N) is 1. The van der Waals surface area contributed by atoms with Crippen molar-refractivity contribution in [2.75, 3.05) is 19.5 Å². The number of nitrogens with one attached hydrogen (secondary N) is 4. The van der Waals surface area contributed by atoms with Crippen LogP contribution in [-0.4, -0.2) is 31.9 Å². The Morgan fingerprint density at radius 2 is 1.71 bits per heavy atom. The molecular formula is C23H23FN6O5. The number of anilines is 1. The lowest BCUT2D eigenvalue weighted by molar-refractivity contribution is -0.607. The number of carbonyl (C=O) groups excluding carboxylic acids is 2. The van der Waals surface area contributed by atoms with Gasteiger partial charge in [-0.3, -0.25) is 25.8 Å². The number of halogens is 1. The van der Waals surface area contributed by atoms with Crippen LogP contribution >= 0.6 is 0 Å². The Morgan fingerprint density at radius 3 is 2.31 bits per heavy atom. The topological polar surface area (TPSA) is 165 Å². The minimum atomic E-state index is -1.35. The third-order valence-electron chi connectivity index (χ3n) is 4.94. The molecule has 35 heavy (non-hydrogen) atoms. The van der Waals surface area contributed by atoms with Crippen LogP contribution in [0, 0.1) is 16.4 Å². The third kappa shape index (κ3) is 5.74. The van der Waals surface area contributed by atoms with E-state index in [4.69, 9.17) is 20.6 Å². The maximum absolute atomic E-state index is 15.0. The van der Waals surface area contributed by atoms with Crippen molar-refractivity contribution in [1.29, 1.82) is 5.41 Å². The molecule has 0 saturated heterocycles. The Kier molecular flexibility index (Phi) is 7.66. The number of ether oxygens (including phenoxy) is 2. The first-order chi connectivity index (χ1) is 16.7. The molecule has 6 N–H and O–H groups in total. The van der Waals surface area contributed by atoms with Crippen LogP contribution in [0.2, 0.25) is 0 Å². The van der Waals surface area contributed by atoms with Gasteiger partial charge in [0.25, 0.3) is 11.6 Å². The van der Waals surface area contributed by atoms with E-state index in [1.807, 2.05) is 0 Å². The number of hydrogen-bond acceptors (Lipinski definition) is 7. The highest BCUT2D eigenvalue weighted by Gasteiger charge is 2.27. The molecule has 0 fully saturated rings. The minimum absolute atomic E-state index is 0.108. The molecule has 11 nitrogen and oxygen atoms in total. The Morgan fingerprint density at radius 1 is 1.06 bits per heavy atom. The number of nitrogen functional groups attached to an aromatic ring is 1. The SMILES string of the molecule is COc1cc(F)c(C(Nc2ccc(C(=N)N)cc2)C(=O)NNC(=O)c2cccc[n+]2[O-])cc1OC. The number of hydrazine groups is 1. The van der Waals surface area contributed by atoms with E-state index in [1.54, 1.807) is 24.3 Å². The lowest BCUT2D eigenvalue weighted by Gasteiger charge is -2.22. The van der Waals surface area contributed by atoms with E-state index in [0.717, 1.165) is 12.3 Å². The second-order valence-corrected chi connectivity index (χ2v) is 7.15. The standard InChI is InChI=1S/C23H23FN6O5/c1-34-18-11-15(16(24)12-19(18)35-2)20(27-14-8-6-13(7-9-14)21(25)26)23(32)29-28-22(31)17-5-3-4-10-30(17)33/h3-12,20,27H,1-2H3,(H3,25,26)(H,28,31)(H,29,32). The summed E-state index contributed by atoms with van der Waals surface area (Å²) in [6.07, 6.45) is 1.13. The van der Waals surface area contributed by atoms with Crippen molar-refractivity contribution in [1.82, 2.24) is 10.9 Å². The van der Waals surface area contributed by atoms with Crippen LogP contribution in [0.25, 0.3) is 0 Å². The van der Waals surface area contributed by atoms with Gasteiger partial charge in [-0.15, -0.1) is 0 Å². The number of hydrogen-bond donors (Lipinski definition) is 5. The van der Waals surface area contributed by atoms with E-state index >= 15 is 4.39 Å². The van der Waals surface area contributed by atoms with Crippen LogP contribution in [0.5, 0.6) is 11.5 Å². The van der Waals surface area contributed by atoms with Gasteiger partial charge >= 0.3 is 5.91 Å². The lowest BCUT2D eigenvalue weighted by atomic mass is 10.0. The number of methoxy groups -OCH3 is 2. The molecular weight excluding hydrogens is 459 g/mol. The molecule has 12 heteroatoms. The van der Waals surface area contributed by atoms with E-state index in [9.17, 15) is 14.8 Å². The van der Waals surface area contributed by atoms with Crippen LogP contribution in [0.1, 0.15) is 27.7 Å². The van der Waals surface area contributed by atoms with Gasteiger partial charge in [-0.2, -0.15) is 4.73 Å². The number of amidine groups is 1. The van der Waals surface area contributed by atoms with Crippen molar-refractivity contribution < 1.29 is 28.2 Å². The second-order valence-electron chi connectivity index (χ2n) is 7.15. The Bertz CT molecular complexity index is 1250. The summed E-state index contributed by atoms with van der Waals surface area (Å²) in [6.45, 7) is 0. The highest BCUT2D eigenvalue weighted by Crippen LogP contribution is 2.33. The van der Waals surface area contributed by atoms with Gasteiger partial charge in [0.05, 0.1) is 14.2 Å². The average Bonchev–Trinajstić information content (AvgIpc) is 2.86.